The van der Waals surface area contributed by atoms with E-state index in [0.29, 0.717) is 5.69 Å². The summed E-state index contributed by atoms with van der Waals surface area (Å²) in [4.78, 5) is 3.70. The van der Waals surface area contributed by atoms with Crippen LogP contribution in [0, 0.1) is 12.9 Å². The molecule has 15 heavy (non-hydrogen) atoms. The number of aromatic nitrogens is 1. The van der Waals surface area contributed by atoms with Crippen LogP contribution in [-0.4, -0.2) is 4.98 Å². The van der Waals surface area contributed by atoms with Crippen LogP contribution in [-0.2, 0) is 0 Å². The van der Waals surface area contributed by atoms with Gasteiger partial charge in [-0.2, -0.15) is 4.39 Å². The molecule has 0 bridgehead atoms. The molecule has 3 heteroatoms. The molecule has 0 spiro atoms. The van der Waals surface area contributed by atoms with E-state index in [9.17, 15) is 4.39 Å². The summed E-state index contributed by atoms with van der Waals surface area (Å²) in [6.45, 7) is 1.78. The zero-order valence-corrected chi connectivity index (χ0v) is 9.75. The molecule has 0 atom stereocenters. The third-order valence-corrected chi connectivity index (χ3v) is 2.57. The quantitative estimate of drug-likeness (QED) is 0.712. The first-order chi connectivity index (χ1) is 7.15. The van der Waals surface area contributed by atoms with Crippen LogP contribution in [0.15, 0.2) is 40.9 Å². The summed E-state index contributed by atoms with van der Waals surface area (Å²) in [7, 11) is 0. The normalized spacial score (nSPS) is 10.3. The van der Waals surface area contributed by atoms with Crippen LogP contribution in [0.3, 0.4) is 0 Å². The lowest BCUT2D eigenvalue weighted by Gasteiger charge is -2.03. The number of benzene rings is 1. The predicted molar refractivity (Wildman–Crippen MR) is 62.1 cm³/mol. The van der Waals surface area contributed by atoms with Crippen molar-refractivity contribution in [2.75, 3.05) is 0 Å². The predicted octanol–water partition coefficient (Wildman–Crippen LogP) is 3.96. The van der Waals surface area contributed by atoms with Crippen molar-refractivity contribution in [2.45, 2.75) is 6.92 Å². The molecular weight excluding hydrogens is 257 g/mol. The van der Waals surface area contributed by atoms with Gasteiger partial charge in [-0.15, -0.1) is 0 Å². The molecule has 0 aliphatic heterocycles. The van der Waals surface area contributed by atoms with Gasteiger partial charge in [-0.1, -0.05) is 28.1 Å². The van der Waals surface area contributed by atoms with Gasteiger partial charge in [-0.05, 0) is 36.2 Å². The Labute approximate surface area is 96.1 Å². The molecule has 1 heterocycles. The van der Waals surface area contributed by atoms with Crippen LogP contribution in [0.5, 0.6) is 0 Å². The van der Waals surface area contributed by atoms with Crippen molar-refractivity contribution in [1.29, 1.82) is 0 Å². The van der Waals surface area contributed by atoms with Crippen molar-refractivity contribution in [3.63, 3.8) is 0 Å². The average molecular weight is 266 g/mol. The standard InChI is InChI=1S/C12H9BrFN/c1-8-5-10(7-12(14)15-8)9-3-2-4-11(13)6-9/h2-7H,1H3. The van der Waals surface area contributed by atoms with Crippen molar-refractivity contribution in [3.8, 4) is 11.1 Å². The van der Waals surface area contributed by atoms with Gasteiger partial charge in [-0.3, -0.25) is 0 Å². The lowest BCUT2D eigenvalue weighted by atomic mass is 10.1. The molecule has 0 fully saturated rings. The maximum absolute atomic E-state index is 13.1. The summed E-state index contributed by atoms with van der Waals surface area (Å²) >= 11 is 3.39. The zero-order valence-electron chi connectivity index (χ0n) is 8.17. The third-order valence-electron chi connectivity index (χ3n) is 2.08. The van der Waals surface area contributed by atoms with Gasteiger partial charge in [0, 0.05) is 16.2 Å². The van der Waals surface area contributed by atoms with E-state index in [-0.39, 0.29) is 0 Å². The van der Waals surface area contributed by atoms with Crippen molar-refractivity contribution in [3.05, 3.63) is 52.5 Å². The highest BCUT2D eigenvalue weighted by Crippen LogP contribution is 2.23. The fourth-order valence-electron chi connectivity index (χ4n) is 1.46. The van der Waals surface area contributed by atoms with E-state index in [2.05, 4.69) is 20.9 Å². The number of pyridine rings is 1. The van der Waals surface area contributed by atoms with Crippen molar-refractivity contribution in [2.24, 2.45) is 0 Å². The molecule has 0 radical (unpaired) electrons. The van der Waals surface area contributed by atoms with E-state index in [1.165, 1.54) is 6.07 Å². The topological polar surface area (TPSA) is 12.9 Å². The van der Waals surface area contributed by atoms with Gasteiger partial charge in [0.05, 0.1) is 0 Å². The summed E-state index contributed by atoms with van der Waals surface area (Å²) < 4.78 is 14.1. The van der Waals surface area contributed by atoms with E-state index in [4.69, 9.17) is 0 Å². The van der Waals surface area contributed by atoms with Gasteiger partial charge >= 0.3 is 0 Å². The maximum Gasteiger partial charge on any atom is 0.213 e. The molecule has 1 nitrogen and oxygen atoms in total. The lowest BCUT2D eigenvalue weighted by Crippen LogP contribution is -1.88. The van der Waals surface area contributed by atoms with E-state index < -0.39 is 5.95 Å². The summed E-state index contributed by atoms with van der Waals surface area (Å²) in [5.41, 5.74) is 2.51. The van der Waals surface area contributed by atoms with E-state index in [1.807, 2.05) is 30.3 Å². The van der Waals surface area contributed by atoms with Crippen molar-refractivity contribution >= 4 is 15.9 Å². The molecule has 0 aliphatic rings. The Hall–Kier alpha value is -1.22. The van der Waals surface area contributed by atoms with Crippen molar-refractivity contribution < 1.29 is 4.39 Å². The monoisotopic (exact) mass is 265 g/mol. The summed E-state index contributed by atoms with van der Waals surface area (Å²) in [5.74, 6) is -0.440. The second-order valence-corrected chi connectivity index (χ2v) is 4.25. The number of hydrogen-bond donors (Lipinski definition) is 0. The van der Waals surface area contributed by atoms with E-state index >= 15 is 0 Å². The minimum absolute atomic E-state index is 0.440. The first-order valence-corrected chi connectivity index (χ1v) is 5.34. The fourth-order valence-corrected chi connectivity index (χ4v) is 1.86. The number of aryl methyl sites for hydroxylation is 1. The molecule has 2 rings (SSSR count). The highest BCUT2D eigenvalue weighted by atomic mass is 79.9. The third kappa shape index (κ3) is 2.42. The molecule has 0 saturated carbocycles. The Morgan fingerprint density at radius 3 is 2.60 bits per heavy atom. The molecule has 0 amide bonds. The van der Waals surface area contributed by atoms with Gasteiger partial charge in [0.15, 0.2) is 0 Å². The molecule has 2 aromatic rings. The van der Waals surface area contributed by atoms with Crippen LogP contribution < -0.4 is 0 Å². The van der Waals surface area contributed by atoms with E-state index in [0.717, 1.165) is 15.6 Å². The minimum atomic E-state index is -0.440. The first-order valence-electron chi connectivity index (χ1n) is 4.55. The van der Waals surface area contributed by atoms with E-state index in [1.54, 1.807) is 6.92 Å². The summed E-state index contributed by atoms with van der Waals surface area (Å²) in [6.07, 6.45) is 0. The second-order valence-electron chi connectivity index (χ2n) is 3.33. The minimum Gasteiger partial charge on any atom is -0.225 e. The lowest BCUT2D eigenvalue weighted by molar-refractivity contribution is 0.581. The average Bonchev–Trinajstić information content (AvgIpc) is 2.16. The van der Waals surface area contributed by atoms with Crippen molar-refractivity contribution in [1.82, 2.24) is 4.98 Å². The van der Waals surface area contributed by atoms with Crippen LogP contribution in [0.25, 0.3) is 11.1 Å². The number of nitrogens with zero attached hydrogens (tertiary/aromatic N) is 1. The van der Waals surface area contributed by atoms with Gasteiger partial charge in [-0.25, -0.2) is 4.98 Å². The first kappa shape index (κ1) is 10.3. The zero-order chi connectivity index (χ0) is 10.8. The molecule has 0 unspecified atom stereocenters. The summed E-state index contributed by atoms with van der Waals surface area (Å²) in [5, 5.41) is 0. The molecule has 1 aromatic heterocycles. The molecular formula is C12H9BrFN. The van der Waals surface area contributed by atoms with Gasteiger partial charge in [0.2, 0.25) is 5.95 Å². The van der Waals surface area contributed by atoms with Crippen LogP contribution in [0.2, 0.25) is 0 Å². The fraction of sp³-hybridized carbons (Fsp3) is 0.0833. The second kappa shape index (κ2) is 4.11. The Morgan fingerprint density at radius 2 is 1.93 bits per heavy atom. The number of rotatable bonds is 1. The molecule has 0 aliphatic carbocycles. The summed E-state index contributed by atoms with van der Waals surface area (Å²) in [6, 6.07) is 11.1. The highest BCUT2D eigenvalue weighted by molar-refractivity contribution is 9.10. The van der Waals surface area contributed by atoms with Crippen LogP contribution in [0.4, 0.5) is 4.39 Å². The number of halogens is 2. The van der Waals surface area contributed by atoms with Crippen LogP contribution >= 0.6 is 15.9 Å². The molecule has 0 N–H and O–H groups in total. The van der Waals surface area contributed by atoms with Crippen LogP contribution in [0.1, 0.15) is 5.69 Å². The van der Waals surface area contributed by atoms with Gasteiger partial charge < -0.3 is 0 Å². The Morgan fingerprint density at radius 1 is 1.13 bits per heavy atom. The Balaban J connectivity index is 2.54. The number of hydrogen-bond acceptors (Lipinski definition) is 1. The highest BCUT2D eigenvalue weighted by Gasteiger charge is 2.02. The Kier molecular flexibility index (Phi) is 2.82. The molecule has 1 aromatic carbocycles. The van der Waals surface area contributed by atoms with Gasteiger partial charge in [0.25, 0.3) is 0 Å². The molecule has 0 saturated heterocycles. The smallest absolute Gasteiger partial charge is 0.213 e. The maximum atomic E-state index is 13.1. The Bertz CT molecular complexity index is 476. The SMILES string of the molecule is Cc1cc(-c2cccc(Br)c2)cc(F)n1. The largest absolute Gasteiger partial charge is 0.225 e. The van der Waals surface area contributed by atoms with Gasteiger partial charge in [0.1, 0.15) is 0 Å². The molecule has 76 valence electrons.